The van der Waals surface area contributed by atoms with Gasteiger partial charge < -0.3 is 5.32 Å². The van der Waals surface area contributed by atoms with E-state index in [2.05, 4.69) is 64.5 Å². The first-order valence-corrected chi connectivity index (χ1v) is 6.94. The molecule has 0 fully saturated rings. The third-order valence-electron chi connectivity index (χ3n) is 2.27. The van der Waals surface area contributed by atoms with Crippen molar-refractivity contribution in [3.63, 3.8) is 0 Å². The summed E-state index contributed by atoms with van der Waals surface area (Å²) in [4.78, 5) is 12.1. The molecule has 1 amide bonds. The van der Waals surface area contributed by atoms with Crippen LogP contribution in [-0.4, -0.2) is 26.5 Å². The SMILES string of the molecule is CC(NC(=O)c1cc(I)ccc1Br)c1nn[nH]n1. The minimum Gasteiger partial charge on any atom is -0.342 e. The summed E-state index contributed by atoms with van der Waals surface area (Å²) in [6.45, 7) is 1.80. The predicted molar refractivity (Wildman–Crippen MR) is 76.9 cm³/mol. The molecule has 0 saturated carbocycles. The number of hydrogen-bond donors (Lipinski definition) is 2. The number of amides is 1. The summed E-state index contributed by atoms with van der Waals surface area (Å²) in [5, 5.41) is 16.3. The van der Waals surface area contributed by atoms with Crippen molar-refractivity contribution in [2.24, 2.45) is 0 Å². The summed E-state index contributed by atoms with van der Waals surface area (Å²) >= 11 is 5.51. The number of aromatic nitrogens is 4. The third-order valence-corrected chi connectivity index (χ3v) is 3.63. The Hall–Kier alpha value is -1.03. The topological polar surface area (TPSA) is 83.6 Å². The van der Waals surface area contributed by atoms with Crippen molar-refractivity contribution in [2.75, 3.05) is 0 Å². The van der Waals surface area contributed by atoms with E-state index in [9.17, 15) is 4.79 Å². The largest absolute Gasteiger partial charge is 0.342 e. The van der Waals surface area contributed by atoms with E-state index in [-0.39, 0.29) is 11.9 Å². The van der Waals surface area contributed by atoms with E-state index >= 15 is 0 Å². The zero-order chi connectivity index (χ0) is 13.1. The molecule has 2 N–H and O–H groups in total. The van der Waals surface area contributed by atoms with Gasteiger partial charge in [0.25, 0.3) is 5.91 Å². The number of rotatable bonds is 3. The molecule has 94 valence electrons. The Bertz CT molecular complexity index is 559. The Morgan fingerprint density at radius 1 is 1.56 bits per heavy atom. The molecule has 1 heterocycles. The van der Waals surface area contributed by atoms with E-state index in [0.29, 0.717) is 11.4 Å². The van der Waals surface area contributed by atoms with Gasteiger partial charge in [-0.15, -0.1) is 10.2 Å². The molecule has 2 aromatic rings. The highest BCUT2D eigenvalue weighted by atomic mass is 127. The lowest BCUT2D eigenvalue weighted by atomic mass is 10.2. The van der Waals surface area contributed by atoms with E-state index in [4.69, 9.17) is 0 Å². The van der Waals surface area contributed by atoms with E-state index in [1.54, 1.807) is 6.92 Å². The fourth-order valence-corrected chi connectivity index (χ4v) is 2.28. The second-order valence-corrected chi connectivity index (χ2v) is 5.69. The second-order valence-electron chi connectivity index (χ2n) is 3.59. The number of nitrogens with zero attached hydrogens (tertiary/aromatic N) is 3. The zero-order valence-electron chi connectivity index (χ0n) is 9.32. The molecule has 6 nitrogen and oxygen atoms in total. The Labute approximate surface area is 125 Å². The van der Waals surface area contributed by atoms with Crippen molar-refractivity contribution in [3.8, 4) is 0 Å². The van der Waals surface area contributed by atoms with Crippen LogP contribution in [0.1, 0.15) is 29.1 Å². The number of aromatic amines is 1. The number of hydrogen-bond acceptors (Lipinski definition) is 4. The van der Waals surface area contributed by atoms with Crippen LogP contribution in [0, 0.1) is 3.57 Å². The smallest absolute Gasteiger partial charge is 0.253 e. The van der Waals surface area contributed by atoms with E-state index in [0.717, 1.165) is 8.04 Å². The Balaban J connectivity index is 2.15. The molecule has 0 bridgehead atoms. The fraction of sp³-hybridized carbons (Fsp3) is 0.200. The molecule has 1 unspecified atom stereocenters. The van der Waals surface area contributed by atoms with Gasteiger partial charge in [-0.25, -0.2) is 0 Å². The minimum atomic E-state index is -0.305. The molecule has 2 rings (SSSR count). The Morgan fingerprint density at radius 2 is 2.33 bits per heavy atom. The molecule has 1 aromatic heterocycles. The summed E-state index contributed by atoms with van der Waals surface area (Å²) in [6, 6.07) is 5.27. The highest BCUT2D eigenvalue weighted by molar-refractivity contribution is 14.1. The molecule has 0 aliphatic rings. The van der Waals surface area contributed by atoms with Crippen LogP contribution in [0.25, 0.3) is 0 Å². The van der Waals surface area contributed by atoms with Crippen LogP contribution in [0.5, 0.6) is 0 Å². The lowest BCUT2D eigenvalue weighted by molar-refractivity contribution is 0.0937. The molecule has 0 aliphatic carbocycles. The van der Waals surface area contributed by atoms with Gasteiger partial charge in [-0.1, -0.05) is 5.21 Å². The van der Waals surface area contributed by atoms with Crippen LogP contribution >= 0.6 is 38.5 Å². The van der Waals surface area contributed by atoms with Gasteiger partial charge in [0, 0.05) is 8.04 Å². The highest BCUT2D eigenvalue weighted by Crippen LogP contribution is 2.20. The van der Waals surface area contributed by atoms with Gasteiger partial charge in [0.05, 0.1) is 11.6 Å². The lowest BCUT2D eigenvalue weighted by Crippen LogP contribution is -2.27. The normalized spacial score (nSPS) is 12.2. The summed E-state index contributed by atoms with van der Waals surface area (Å²) in [5.74, 6) is 0.266. The highest BCUT2D eigenvalue weighted by Gasteiger charge is 2.16. The van der Waals surface area contributed by atoms with Crippen molar-refractivity contribution < 1.29 is 4.79 Å². The van der Waals surface area contributed by atoms with Gasteiger partial charge in [-0.3, -0.25) is 4.79 Å². The van der Waals surface area contributed by atoms with Gasteiger partial charge >= 0.3 is 0 Å². The summed E-state index contributed by atoms with van der Waals surface area (Å²) in [6.07, 6.45) is 0. The number of carbonyl (C=O) groups is 1. The van der Waals surface area contributed by atoms with Gasteiger partial charge in [0.2, 0.25) is 0 Å². The number of nitrogens with one attached hydrogen (secondary N) is 2. The number of tetrazole rings is 1. The first-order chi connectivity index (χ1) is 8.58. The Kier molecular flexibility index (Phi) is 4.27. The van der Waals surface area contributed by atoms with Crippen LogP contribution in [0.2, 0.25) is 0 Å². The molecule has 0 radical (unpaired) electrons. The lowest BCUT2D eigenvalue weighted by Gasteiger charge is -2.11. The van der Waals surface area contributed by atoms with Gasteiger partial charge in [0.1, 0.15) is 0 Å². The first-order valence-electron chi connectivity index (χ1n) is 5.07. The molecule has 1 aromatic carbocycles. The van der Waals surface area contributed by atoms with Crippen molar-refractivity contribution in [2.45, 2.75) is 13.0 Å². The summed E-state index contributed by atoms with van der Waals surface area (Å²) in [5.41, 5.74) is 0.581. The third kappa shape index (κ3) is 3.05. The molecule has 0 saturated heterocycles. The number of carbonyl (C=O) groups excluding carboxylic acids is 1. The van der Waals surface area contributed by atoms with Crippen molar-refractivity contribution >= 4 is 44.4 Å². The standard InChI is InChI=1S/C10H9BrIN5O/c1-5(9-14-16-17-15-9)13-10(18)7-4-6(12)2-3-8(7)11/h2-5H,1H3,(H,13,18)(H,14,15,16,17). The second kappa shape index (κ2) is 5.74. The van der Waals surface area contributed by atoms with Crippen LogP contribution in [0.4, 0.5) is 0 Å². The average molecular weight is 422 g/mol. The maximum absolute atomic E-state index is 12.1. The number of H-pyrrole nitrogens is 1. The van der Waals surface area contributed by atoms with E-state index < -0.39 is 0 Å². The average Bonchev–Trinajstić information content (AvgIpc) is 2.85. The minimum absolute atomic E-state index is 0.183. The molecule has 0 aliphatic heterocycles. The zero-order valence-corrected chi connectivity index (χ0v) is 13.1. The first kappa shape index (κ1) is 13.4. The van der Waals surface area contributed by atoms with Gasteiger partial charge in [0.15, 0.2) is 5.82 Å². The van der Waals surface area contributed by atoms with Gasteiger partial charge in [-0.2, -0.15) is 5.21 Å². The fourth-order valence-electron chi connectivity index (χ4n) is 1.36. The molecular weight excluding hydrogens is 413 g/mol. The molecule has 18 heavy (non-hydrogen) atoms. The van der Waals surface area contributed by atoms with Crippen molar-refractivity contribution in [1.29, 1.82) is 0 Å². The summed E-state index contributed by atoms with van der Waals surface area (Å²) in [7, 11) is 0. The predicted octanol–water partition coefficient (Wildman–Crippen LogP) is 2.06. The number of benzene rings is 1. The van der Waals surface area contributed by atoms with Crippen molar-refractivity contribution in [1.82, 2.24) is 25.9 Å². The summed E-state index contributed by atoms with van der Waals surface area (Å²) < 4.78 is 1.74. The molecule has 1 atom stereocenters. The molecular formula is C10H9BrIN5O. The van der Waals surface area contributed by atoms with E-state index in [1.807, 2.05) is 18.2 Å². The van der Waals surface area contributed by atoms with Crippen LogP contribution < -0.4 is 5.32 Å². The molecule has 0 spiro atoms. The maximum atomic E-state index is 12.1. The van der Waals surface area contributed by atoms with E-state index in [1.165, 1.54) is 0 Å². The quantitative estimate of drug-likeness (QED) is 0.743. The van der Waals surface area contributed by atoms with Crippen LogP contribution in [0.15, 0.2) is 22.7 Å². The van der Waals surface area contributed by atoms with Gasteiger partial charge in [-0.05, 0) is 63.6 Å². The molecule has 8 heteroatoms. The number of halogens is 2. The maximum Gasteiger partial charge on any atom is 0.253 e. The Morgan fingerprint density at radius 3 is 3.00 bits per heavy atom. The van der Waals surface area contributed by atoms with Crippen LogP contribution in [0.3, 0.4) is 0 Å². The van der Waals surface area contributed by atoms with Crippen molar-refractivity contribution in [3.05, 3.63) is 37.6 Å². The van der Waals surface area contributed by atoms with Crippen LogP contribution in [-0.2, 0) is 0 Å². The monoisotopic (exact) mass is 421 g/mol.